The third kappa shape index (κ3) is 5.92. The van der Waals surface area contributed by atoms with Gasteiger partial charge in [-0.25, -0.2) is 0 Å². The maximum absolute atomic E-state index is 4.72. The van der Waals surface area contributed by atoms with Gasteiger partial charge in [-0.3, -0.25) is 9.39 Å². The highest BCUT2D eigenvalue weighted by atomic mass is 15.2. The Bertz CT molecular complexity index is 716. The molecule has 0 saturated carbocycles. The zero-order chi connectivity index (χ0) is 18.9. The van der Waals surface area contributed by atoms with Crippen molar-refractivity contribution in [1.82, 2.24) is 30.1 Å². The first-order valence-corrected chi connectivity index (χ1v) is 10.3. The van der Waals surface area contributed by atoms with E-state index < -0.39 is 0 Å². The predicted molar refractivity (Wildman–Crippen MR) is 110 cm³/mol. The number of fused-ring (bicyclic) bond motifs is 1. The molecule has 27 heavy (non-hydrogen) atoms. The van der Waals surface area contributed by atoms with E-state index in [2.05, 4.69) is 39.6 Å². The van der Waals surface area contributed by atoms with Crippen LogP contribution >= 0.6 is 0 Å². The van der Waals surface area contributed by atoms with Gasteiger partial charge in [0.15, 0.2) is 11.6 Å². The predicted octanol–water partition coefficient (Wildman–Crippen LogP) is 1.95. The Hall–Kier alpha value is -2.15. The van der Waals surface area contributed by atoms with E-state index in [1.54, 1.807) is 0 Å². The fraction of sp³-hybridized carbons (Fsp3) is 0.650. The van der Waals surface area contributed by atoms with Gasteiger partial charge < -0.3 is 15.5 Å². The van der Waals surface area contributed by atoms with E-state index in [1.807, 2.05) is 28.8 Å². The molecule has 7 nitrogen and oxygen atoms in total. The molecule has 0 atom stereocenters. The zero-order valence-corrected chi connectivity index (χ0v) is 16.7. The lowest BCUT2D eigenvalue weighted by molar-refractivity contribution is 0.192. The normalized spacial score (nSPS) is 16.7. The van der Waals surface area contributed by atoms with Crippen molar-refractivity contribution in [1.29, 1.82) is 0 Å². The highest BCUT2D eigenvalue weighted by molar-refractivity contribution is 5.79. The minimum atomic E-state index is 0.783. The van der Waals surface area contributed by atoms with E-state index in [0.717, 1.165) is 62.4 Å². The summed E-state index contributed by atoms with van der Waals surface area (Å²) < 4.78 is 2.03. The summed E-state index contributed by atoms with van der Waals surface area (Å²) in [4.78, 5) is 7.29. The molecular weight excluding hydrogens is 338 g/mol. The van der Waals surface area contributed by atoms with Crippen molar-refractivity contribution in [2.75, 3.05) is 39.3 Å². The number of pyridine rings is 1. The van der Waals surface area contributed by atoms with Gasteiger partial charge in [0.05, 0.1) is 0 Å². The summed E-state index contributed by atoms with van der Waals surface area (Å²) in [6.45, 7) is 10.6. The van der Waals surface area contributed by atoms with Crippen molar-refractivity contribution >= 4 is 11.6 Å². The monoisotopic (exact) mass is 371 g/mol. The molecule has 2 aromatic rings. The molecule has 1 aliphatic heterocycles. The van der Waals surface area contributed by atoms with Crippen LogP contribution < -0.4 is 10.6 Å². The number of aromatic nitrogens is 3. The molecule has 0 aliphatic carbocycles. The molecule has 0 unspecified atom stereocenters. The number of guanidine groups is 1. The van der Waals surface area contributed by atoms with Gasteiger partial charge in [0.1, 0.15) is 5.82 Å². The van der Waals surface area contributed by atoms with Crippen LogP contribution in [0.2, 0.25) is 0 Å². The number of aliphatic imine (C=N–C) groups is 1. The SMILES string of the molecule is CCNC(=NCCCN1CCC(C)CC1)NCCc1nnc2ccccn12. The lowest BCUT2D eigenvalue weighted by Gasteiger charge is -2.29. The van der Waals surface area contributed by atoms with E-state index in [0.29, 0.717) is 0 Å². The Morgan fingerprint density at radius 3 is 2.89 bits per heavy atom. The number of nitrogens with zero attached hydrogens (tertiary/aromatic N) is 5. The van der Waals surface area contributed by atoms with E-state index >= 15 is 0 Å². The Labute approximate surface area is 162 Å². The molecule has 2 aromatic heterocycles. The van der Waals surface area contributed by atoms with E-state index in [4.69, 9.17) is 4.99 Å². The topological polar surface area (TPSA) is 69.8 Å². The van der Waals surface area contributed by atoms with Crippen molar-refractivity contribution in [3.63, 3.8) is 0 Å². The largest absolute Gasteiger partial charge is 0.357 e. The van der Waals surface area contributed by atoms with Gasteiger partial charge in [0.25, 0.3) is 0 Å². The van der Waals surface area contributed by atoms with Gasteiger partial charge in [-0.1, -0.05) is 13.0 Å². The second-order valence-electron chi connectivity index (χ2n) is 7.36. The molecule has 0 bridgehead atoms. The van der Waals surface area contributed by atoms with Crippen LogP contribution in [0.3, 0.4) is 0 Å². The molecule has 3 heterocycles. The third-order valence-electron chi connectivity index (χ3n) is 5.15. The van der Waals surface area contributed by atoms with Crippen LogP contribution in [0.1, 0.15) is 38.9 Å². The van der Waals surface area contributed by atoms with Crippen LogP contribution in [-0.2, 0) is 6.42 Å². The van der Waals surface area contributed by atoms with Crippen molar-refractivity contribution in [2.45, 2.75) is 39.5 Å². The van der Waals surface area contributed by atoms with E-state index in [-0.39, 0.29) is 0 Å². The molecule has 148 valence electrons. The summed E-state index contributed by atoms with van der Waals surface area (Å²) >= 11 is 0. The molecule has 0 amide bonds. The molecule has 0 radical (unpaired) electrons. The quantitative estimate of drug-likeness (QED) is 0.422. The highest BCUT2D eigenvalue weighted by Gasteiger charge is 2.14. The molecular formula is C20H33N7. The first-order chi connectivity index (χ1) is 13.3. The molecule has 2 N–H and O–H groups in total. The van der Waals surface area contributed by atoms with Gasteiger partial charge >= 0.3 is 0 Å². The van der Waals surface area contributed by atoms with Gasteiger partial charge in [-0.15, -0.1) is 10.2 Å². The summed E-state index contributed by atoms with van der Waals surface area (Å²) in [6.07, 6.45) is 6.60. The molecule has 1 aliphatic rings. The zero-order valence-electron chi connectivity index (χ0n) is 16.7. The Morgan fingerprint density at radius 2 is 2.07 bits per heavy atom. The molecule has 0 spiro atoms. The first kappa shape index (κ1) is 19.6. The van der Waals surface area contributed by atoms with Crippen molar-refractivity contribution in [2.24, 2.45) is 10.9 Å². The van der Waals surface area contributed by atoms with Crippen molar-refractivity contribution < 1.29 is 0 Å². The Balaban J connectivity index is 1.40. The Kier molecular flexibility index (Phi) is 7.45. The number of hydrogen-bond donors (Lipinski definition) is 2. The van der Waals surface area contributed by atoms with Gasteiger partial charge in [0, 0.05) is 32.3 Å². The molecule has 0 aromatic carbocycles. The lowest BCUT2D eigenvalue weighted by Crippen LogP contribution is -2.38. The Morgan fingerprint density at radius 1 is 1.22 bits per heavy atom. The maximum Gasteiger partial charge on any atom is 0.191 e. The second kappa shape index (κ2) is 10.3. The molecule has 1 saturated heterocycles. The van der Waals surface area contributed by atoms with Crippen LogP contribution in [0.15, 0.2) is 29.4 Å². The lowest BCUT2D eigenvalue weighted by atomic mass is 9.99. The minimum Gasteiger partial charge on any atom is -0.357 e. The van der Waals surface area contributed by atoms with Crippen LogP contribution in [0.25, 0.3) is 5.65 Å². The van der Waals surface area contributed by atoms with Gasteiger partial charge in [0.2, 0.25) is 0 Å². The summed E-state index contributed by atoms with van der Waals surface area (Å²) in [5.74, 6) is 2.75. The number of likely N-dealkylation sites (tertiary alicyclic amines) is 1. The number of nitrogens with one attached hydrogen (secondary N) is 2. The number of rotatable bonds is 8. The summed E-state index contributed by atoms with van der Waals surface area (Å²) in [5, 5.41) is 15.2. The molecule has 1 fully saturated rings. The van der Waals surface area contributed by atoms with Crippen LogP contribution in [0, 0.1) is 5.92 Å². The summed E-state index contributed by atoms with van der Waals surface area (Å²) in [7, 11) is 0. The highest BCUT2D eigenvalue weighted by Crippen LogP contribution is 2.15. The third-order valence-corrected chi connectivity index (χ3v) is 5.15. The van der Waals surface area contributed by atoms with E-state index in [9.17, 15) is 0 Å². The van der Waals surface area contributed by atoms with Crippen LogP contribution in [-0.4, -0.2) is 64.7 Å². The van der Waals surface area contributed by atoms with Crippen molar-refractivity contribution in [3.8, 4) is 0 Å². The first-order valence-electron chi connectivity index (χ1n) is 10.3. The van der Waals surface area contributed by atoms with Crippen molar-refractivity contribution in [3.05, 3.63) is 30.2 Å². The average Bonchev–Trinajstić information content (AvgIpc) is 3.10. The summed E-state index contributed by atoms with van der Waals surface area (Å²) in [6, 6.07) is 5.95. The van der Waals surface area contributed by atoms with Gasteiger partial charge in [-0.2, -0.15) is 0 Å². The summed E-state index contributed by atoms with van der Waals surface area (Å²) in [5.41, 5.74) is 0.889. The molecule has 3 rings (SSSR count). The standard InChI is InChI=1S/C20H33N7/c1-3-21-20(22-11-6-13-26-15-9-17(2)10-16-26)23-12-8-19-25-24-18-7-4-5-14-27(18)19/h4-5,7,14,17H,3,6,8-13,15-16H2,1-2H3,(H2,21,22,23). The smallest absolute Gasteiger partial charge is 0.191 e. The number of hydrogen-bond acceptors (Lipinski definition) is 4. The van der Waals surface area contributed by atoms with Crippen LogP contribution in [0.5, 0.6) is 0 Å². The minimum absolute atomic E-state index is 0.783. The fourth-order valence-electron chi connectivity index (χ4n) is 3.47. The second-order valence-corrected chi connectivity index (χ2v) is 7.36. The van der Waals surface area contributed by atoms with E-state index in [1.165, 1.54) is 25.9 Å². The number of piperidine rings is 1. The fourth-order valence-corrected chi connectivity index (χ4v) is 3.47. The molecule has 7 heteroatoms. The maximum atomic E-state index is 4.72. The van der Waals surface area contributed by atoms with Crippen LogP contribution in [0.4, 0.5) is 0 Å². The van der Waals surface area contributed by atoms with Gasteiger partial charge in [-0.05, 0) is 63.9 Å². The average molecular weight is 372 g/mol.